The minimum Gasteiger partial charge on any atom is -0.386 e. The van der Waals surface area contributed by atoms with E-state index in [1.165, 1.54) is 0 Å². The Kier molecular flexibility index (Phi) is 8.78. The molecule has 0 aliphatic heterocycles. The fourth-order valence-corrected chi connectivity index (χ4v) is 2.77. The number of carbonyl (C=O) groups is 1. The van der Waals surface area contributed by atoms with Crippen molar-refractivity contribution in [2.45, 2.75) is 19.4 Å². The van der Waals surface area contributed by atoms with Gasteiger partial charge in [-0.15, -0.1) is 0 Å². The molecule has 0 saturated heterocycles. The number of aliphatic hydroxyl groups excluding tert-OH is 1. The second-order valence-electron chi connectivity index (χ2n) is 6.24. The van der Waals surface area contributed by atoms with Crippen molar-refractivity contribution in [3.8, 4) is 0 Å². The molecule has 150 valence electrons. The Balaban J connectivity index is 1.90. The van der Waals surface area contributed by atoms with E-state index in [2.05, 4.69) is 20.9 Å². The average molecular weight is 403 g/mol. The van der Waals surface area contributed by atoms with Crippen molar-refractivity contribution < 1.29 is 9.90 Å². The number of rotatable bonds is 8. The topological polar surface area (TPSA) is 85.8 Å². The van der Waals surface area contributed by atoms with E-state index in [0.717, 1.165) is 24.1 Å². The van der Waals surface area contributed by atoms with E-state index in [9.17, 15) is 9.90 Å². The van der Waals surface area contributed by atoms with Crippen LogP contribution in [-0.4, -0.2) is 43.7 Å². The third-order valence-electron chi connectivity index (χ3n) is 4.14. The van der Waals surface area contributed by atoms with Crippen LogP contribution in [0.5, 0.6) is 0 Å². The van der Waals surface area contributed by atoms with E-state index in [1.54, 1.807) is 37.4 Å². The second-order valence-corrected chi connectivity index (χ2v) is 6.68. The number of halogens is 1. The van der Waals surface area contributed by atoms with Gasteiger partial charge in [0.1, 0.15) is 0 Å². The molecule has 7 heteroatoms. The zero-order chi connectivity index (χ0) is 20.4. The molecule has 0 spiro atoms. The molecule has 1 atom stereocenters. The van der Waals surface area contributed by atoms with E-state index >= 15 is 0 Å². The van der Waals surface area contributed by atoms with Crippen LogP contribution in [0.1, 0.15) is 34.5 Å². The zero-order valence-electron chi connectivity index (χ0n) is 16.2. The Hall–Kier alpha value is -2.57. The van der Waals surface area contributed by atoms with Gasteiger partial charge in [0.15, 0.2) is 5.96 Å². The first-order chi connectivity index (χ1) is 13.5. The van der Waals surface area contributed by atoms with Crippen molar-refractivity contribution in [1.82, 2.24) is 16.0 Å². The highest BCUT2D eigenvalue weighted by Crippen LogP contribution is 2.16. The van der Waals surface area contributed by atoms with Crippen LogP contribution in [0.3, 0.4) is 0 Å². The van der Waals surface area contributed by atoms with Gasteiger partial charge in [0, 0.05) is 30.7 Å². The lowest BCUT2D eigenvalue weighted by Gasteiger charge is -2.13. The highest BCUT2D eigenvalue weighted by molar-refractivity contribution is 6.30. The molecule has 28 heavy (non-hydrogen) atoms. The highest BCUT2D eigenvalue weighted by atomic mass is 35.5. The van der Waals surface area contributed by atoms with E-state index in [0.29, 0.717) is 23.1 Å². The summed E-state index contributed by atoms with van der Waals surface area (Å²) in [5.74, 6) is 0.541. The Morgan fingerprint density at radius 1 is 1.18 bits per heavy atom. The largest absolute Gasteiger partial charge is 0.386 e. The van der Waals surface area contributed by atoms with E-state index in [-0.39, 0.29) is 12.5 Å². The molecule has 6 nitrogen and oxygen atoms in total. The number of aliphatic hydroxyl groups is 1. The predicted molar refractivity (Wildman–Crippen MR) is 114 cm³/mol. The molecule has 1 unspecified atom stereocenters. The Bertz CT molecular complexity index is 793. The molecule has 0 bridgehead atoms. The molecule has 0 aromatic heterocycles. The number of nitrogens with zero attached hydrogens (tertiary/aromatic N) is 1. The van der Waals surface area contributed by atoms with Gasteiger partial charge in [0.25, 0.3) is 5.91 Å². The molecule has 0 aliphatic carbocycles. The molecule has 2 aromatic rings. The van der Waals surface area contributed by atoms with Gasteiger partial charge in [-0.05, 0) is 48.7 Å². The Morgan fingerprint density at radius 2 is 1.93 bits per heavy atom. The normalized spacial score (nSPS) is 12.4. The lowest BCUT2D eigenvalue weighted by Crippen LogP contribution is -2.38. The van der Waals surface area contributed by atoms with Gasteiger partial charge < -0.3 is 21.1 Å². The smallest absolute Gasteiger partial charge is 0.251 e. The summed E-state index contributed by atoms with van der Waals surface area (Å²) in [4.78, 5) is 16.2. The minimum absolute atomic E-state index is 0.0964. The molecule has 0 radical (unpaired) electrons. The second kappa shape index (κ2) is 11.3. The quantitative estimate of drug-likeness (QED) is 0.403. The molecular weight excluding hydrogens is 376 g/mol. The number of benzene rings is 2. The van der Waals surface area contributed by atoms with E-state index in [4.69, 9.17) is 11.6 Å². The molecule has 1 amide bonds. The third kappa shape index (κ3) is 6.87. The molecule has 0 fully saturated rings. The van der Waals surface area contributed by atoms with Crippen LogP contribution in [-0.2, 0) is 6.42 Å². The number of hydrogen-bond donors (Lipinski definition) is 4. The van der Waals surface area contributed by atoms with Crippen LogP contribution in [0.15, 0.2) is 53.5 Å². The van der Waals surface area contributed by atoms with Crippen molar-refractivity contribution in [2.24, 2.45) is 4.99 Å². The van der Waals surface area contributed by atoms with Crippen LogP contribution in [0, 0.1) is 0 Å². The maximum absolute atomic E-state index is 11.7. The lowest BCUT2D eigenvalue weighted by molar-refractivity contribution is 0.0963. The Morgan fingerprint density at radius 3 is 2.61 bits per heavy atom. The van der Waals surface area contributed by atoms with Crippen LogP contribution >= 0.6 is 11.6 Å². The maximum atomic E-state index is 11.7. The molecule has 2 rings (SSSR count). The maximum Gasteiger partial charge on any atom is 0.251 e. The fourth-order valence-electron chi connectivity index (χ4n) is 2.65. The van der Waals surface area contributed by atoms with Crippen molar-refractivity contribution in [2.75, 3.05) is 26.7 Å². The first kappa shape index (κ1) is 21.7. The van der Waals surface area contributed by atoms with Crippen LogP contribution < -0.4 is 16.0 Å². The van der Waals surface area contributed by atoms with Crippen molar-refractivity contribution in [3.63, 3.8) is 0 Å². The number of amides is 1. The monoisotopic (exact) mass is 402 g/mol. The van der Waals surface area contributed by atoms with Gasteiger partial charge in [-0.1, -0.05) is 35.9 Å². The summed E-state index contributed by atoms with van der Waals surface area (Å²) in [6.45, 7) is 3.60. The number of hydrogen-bond acceptors (Lipinski definition) is 3. The van der Waals surface area contributed by atoms with Crippen molar-refractivity contribution in [1.29, 1.82) is 0 Å². The summed E-state index contributed by atoms with van der Waals surface area (Å²) < 4.78 is 0. The van der Waals surface area contributed by atoms with E-state index in [1.807, 2.05) is 25.1 Å². The summed E-state index contributed by atoms with van der Waals surface area (Å²) in [5.41, 5.74) is 2.48. The van der Waals surface area contributed by atoms with Gasteiger partial charge in [-0.2, -0.15) is 0 Å². The lowest BCUT2D eigenvalue weighted by atomic mass is 10.1. The molecule has 0 aliphatic rings. The van der Waals surface area contributed by atoms with Crippen molar-refractivity contribution in [3.05, 3.63) is 70.2 Å². The van der Waals surface area contributed by atoms with Crippen molar-refractivity contribution >= 4 is 23.5 Å². The van der Waals surface area contributed by atoms with Gasteiger partial charge in [0.05, 0.1) is 12.6 Å². The standard InChI is InChI=1S/C21H27ClN4O2/c1-3-24-21(26-14-19(27)16-7-9-18(22)10-8-16)25-12-11-15-5-4-6-17(13-15)20(28)23-2/h4-10,13,19,27H,3,11-12,14H2,1-2H3,(H,23,28)(H2,24,25,26). The number of carbonyl (C=O) groups excluding carboxylic acids is 1. The SMILES string of the molecule is CCNC(=NCC(O)c1ccc(Cl)cc1)NCCc1cccc(C(=O)NC)c1. The summed E-state index contributed by atoms with van der Waals surface area (Å²) in [6, 6.07) is 14.6. The number of guanidine groups is 1. The fraction of sp³-hybridized carbons (Fsp3) is 0.333. The molecule has 2 aromatic carbocycles. The first-order valence-corrected chi connectivity index (χ1v) is 9.68. The molecule has 4 N–H and O–H groups in total. The molecule has 0 heterocycles. The van der Waals surface area contributed by atoms with Crippen LogP contribution in [0.4, 0.5) is 0 Å². The highest BCUT2D eigenvalue weighted by Gasteiger charge is 2.08. The first-order valence-electron chi connectivity index (χ1n) is 9.30. The summed E-state index contributed by atoms with van der Waals surface area (Å²) in [5, 5.41) is 20.0. The summed E-state index contributed by atoms with van der Waals surface area (Å²) in [6.07, 6.45) is 0.0478. The molecule has 0 saturated carbocycles. The van der Waals surface area contributed by atoms with Crippen LogP contribution in [0.2, 0.25) is 5.02 Å². The number of nitrogens with one attached hydrogen (secondary N) is 3. The molecular formula is C21H27ClN4O2. The average Bonchev–Trinajstić information content (AvgIpc) is 2.72. The third-order valence-corrected chi connectivity index (χ3v) is 4.40. The summed E-state index contributed by atoms with van der Waals surface area (Å²) in [7, 11) is 1.62. The number of aliphatic imine (C=N–C) groups is 1. The van der Waals surface area contributed by atoms with Gasteiger partial charge in [-0.3, -0.25) is 9.79 Å². The van der Waals surface area contributed by atoms with Crippen LogP contribution in [0.25, 0.3) is 0 Å². The predicted octanol–water partition coefficient (Wildman–Crippen LogP) is 2.53. The van der Waals surface area contributed by atoms with E-state index < -0.39 is 6.10 Å². The zero-order valence-corrected chi connectivity index (χ0v) is 17.0. The van der Waals surface area contributed by atoms with Gasteiger partial charge >= 0.3 is 0 Å². The van der Waals surface area contributed by atoms with Gasteiger partial charge in [-0.25, -0.2) is 0 Å². The summed E-state index contributed by atoms with van der Waals surface area (Å²) >= 11 is 5.88. The Labute approximate surface area is 171 Å². The van der Waals surface area contributed by atoms with Gasteiger partial charge in [0.2, 0.25) is 0 Å². The minimum atomic E-state index is -0.697.